The minimum absolute atomic E-state index is 0.212. The Hall–Kier alpha value is -2.80. The van der Waals surface area contributed by atoms with Crippen molar-refractivity contribution >= 4 is 17.6 Å². The van der Waals surface area contributed by atoms with E-state index in [-0.39, 0.29) is 5.91 Å². The number of carbonyl (C=O) groups is 1. The number of amides is 1. The number of furan rings is 1. The maximum Gasteiger partial charge on any atom is 0.227 e. The van der Waals surface area contributed by atoms with Crippen molar-refractivity contribution in [2.75, 3.05) is 37.7 Å². The zero-order chi connectivity index (χ0) is 20.6. The molecule has 1 amide bonds. The molecule has 7 heteroatoms. The Morgan fingerprint density at radius 3 is 2.80 bits per heavy atom. The number of rotatable bonds is 8. The first-order chi connectivity index (χ1) is 14.8. The van der Waals surface area contributed by atoms with Crippen molar-refractivity contribution in [2.24, 2.45) is 10.9 Å². The Morgan fingerprint density at radius 2 is 2.10 bits per heavy atom. The van der Waals surface area contributed by atoms with Crippen molar-refractivity contribution in [1.82, 2.24) is 10.6 Å². The van der Waals surface area contributed by atoms with E-state index >= 15 is 0 Å². The third kappa shape index (κ3) is 5.63. The first-order valence-electron chi connectivity index (χ1n) is 10.8. The molecule has 2 fully saturated rings. The van der Waals surface area contributed by atoms with Crippen molar-refractivity contribution in [3.8, 4) is 0 Å². The Labute approximate surface area is 177 Å². The van der Waals surface area contributed by atoms with E-state index in [0.717, 1.165) is 75.1 Å². The Bertz CT molecular complexity index is 827. The molecule has 1 aromatic heterocycles. The number of nitrogens with zero attached hydrogens (tertiary/aromatic N) is 2. The molecule has 2 N–H and O–H groups in total. The molecule has 0 aliphatic carbocycles. The van der Waals surface area contributed by atoms with Crippen LogP contribution in [0.4, 0.5) is 5.69 Å². The van der Waals surface area contributed by atoms with Gasteiger partial charge in [-0.15, -0.1) is 0 Å². The van der Waals surface area contributed by atoms with Crippen molar-refractivity contribution < 1.29 is 13.9 Å². The largest absolute Gasteiger partial charge is 0.469 e. The number of ether oxygens (including phenoxy) is 1. The fourth-order valence-corrected chi connectivity index (χ4v) is 3.79. The van der Waals surface area contributed by atoms with Gasteiger partial charge in [-0.25, -0.2) is 4.99 Å². The summed E-state index contributed by atoms with van der Waals surface area (Å²) in [6, 6.07) is 12.0. The van der Waals surface area contributed by atoms with E-state index in [2.05, 4.69) is 22.8 Å². The Kier molecular flexibility index (Phi) is 7.03. The summed E-state index contributed by atoms with van der Waals surface area (Å²) in [4.78, 5) is 18.5. The highest BCUT2D eigenvalue weighted by Gasteiger charge is 2.21. The summed E-state index contributed by atoms with van der Waals surface area (Å²) in [5.74, 6) is 2.49. The second kappa shape index (κ2) is 10.3. The standard InChI is InChI=1S/C23H30N4O3/c28-22-4-1-12-27(22)20-7-5-18(6-8-20)15-25-23(26-16-19-10-14-29-17-19)24-11-9-21-3-2-13-30-21/h2-3,5-8,13,19H,1,4,9-12,14-17H2,(H2,24,25,26). The number of carbonyl (C=O) groups excluding carboxylic acids is 1. The molecule has 3 heterocycles. The van der Waals surface area contributed by atoms with Gasteiger partial charge in [0, 0.05) is 50.7 Å². The van der Waals surface area contributed by atoms with Crippen LogP contribution in [0.15, 0.2) is 52.1 Å². The van der Waals surface area contributed by atoms with Gasteiger partial charge in [0.1, 0.15) is 5.76 Å². The molecule has 1 atom stereocenters. The van der Waals surface area contributed by atoms with E-state index in [0.29, 0.717) is 18.9 Å². The Morgan fingerprint density at radius 1 is 1.20 bits per heavy atom. The van der Waals surface area contributed by atoms with Gasteiger partial charge in [-0.05, 0) is 42.7 Å². The predicted molar refractivity (Wildman–Crippen MR) is 117 cm³/mol. The zero-order valence-corrected chi connectivity index (χ0v) is 17.3. The second-order valence-corrected chi connectivity index (χ2v) is 7.85. The van der Waals surface area contributed by atoms with Crippen molar-refractivity contribution in [2.45, 2.75) is 32.2 Å². The summed E-state index contributed by atoms with van der Waals surface area (Å²) in [5.41, 5.74) is 2.09. The van der Waals surface area contributed by atoms with Crippen molar-refractivity contribution in [3.05, 3.63) is 54.0 Å². The molecule has 160 valence electrons. The number of guanidine groups is 1. The lowest BCUT2D eigenvalue weighted by atomic mass is 10.1. The average Bonchev–Trinajstić information content (AvgIpc) is 3.53. The summed E-state index contributed by atoms with van der Waals surface area (Å²) in [5, 5.41) is 6.85. The molecule has 30 heavy (non-hydrogen) atoms. The SMILES string of the molecule is O=C1CCCN1c1ccc(CN=C(NCCc2ccco2)NCC2CCOC2)cc1. The van der Waals surface area contributed by atoms with Crippen LogP contribution in [0.3, 0.4) is 0 Å². The van der Waals surface area contributed by atoms with Crippen LogP contribution >= 0.6 is 0 Å². The molecule has 4 rings (SSSR count). The molecular formula is C23H30N4O3. The molecule has 0 saturated carbocycles. The van der Waals surface area contributed by atoms with Crippen LogP contribution in [0.2, 0.25) is 0 Å². The van der Waals surface area contributed by atoms with Gasteiger partial charge in [0.15, 0.2) is 5.96 Å². The van der Waals surface area contributed by atoms with E-state index in [1.54, 1.807) is 6.26 Å². The number of aliphatic imine (C=N–C) groups is 1. The van der Waals surface area contributed by atoms with Gasteiger partial charge >= 0.3 is 0 Å². The molecule has 1 aromatic carbocycles. The molecule has 0 spiro atoms. The first-order valence-corrected chi connectivity index (χ1v) is 10.8. The minimum Gasteiger partial charge on any atom is -0.469 e. The van der Waals surface area contributed by atoms with E-state index in [1.165, 1.54) is 0 Å². The van der Waals surface area contributed by atoms with Crippen LogP contribution in [-0.4, -0.2) is 44.7 Å². The molecular weight excluding hydrogens is 380 g/mol. The van der Waals surface area contributed by atoms with E-state index in [1.807, 2.05) is 29.2 Å². The molecule has 2 saturated heterocycles. The molecule has 1 unspecified atom stereocenters. The fourth-order valence-electron chi connectivity index (χ4n) is 3.79. The summed E-state index contributed by atoms with van der Waals surface area (Å²) in [6.45, 7) is 4.64. The third-order valence-corrected chi connectivity index (χ3v) is 5.57. The van der Waals surface area contributed by atoms with Crippen LogP contribution in [-0.2, 0) is 22.5 Å². The van der Waals surface area contributed by atoms with Gasteiger partial charge in [-0.3, -0.25) is 4.79 Å². The summed E-state index contributed by atoms with van der Waals surface area (Å²) in [6.07, 6.45) is 5.18. The number of nitrogens with one attached hydrogen (secondary N) is 2. The van der Waals surface area contributed by atoms with Crippen LogP contribution in [0.25, 0.3) is 0 Å². The number of benzene rings is 1. The molecule has 2 aliphatic heterocycles. The maximum atomic E-state index is 11.9. The smallest absolute Gasteiger partial charge is 0.227 e. The van der Waals surface area contributed by atoms with E-state index in [9.17, 15) is 4.79 Å². The summed E-state index contributed by atoms with van der Waals surface area (Å²) >= 11 is 0. The predicted octanol–water partition coefficient (Wildman–Crippen LogP) is 2.72. The van der Waals surface area contributed by atoms with Gasteiger partial charge in [-0.1, -0.05) is 12.1 Å². The average molecular weight is 411 g/mol. The summed E-state index contributed by atoms with van der Waals surface area (Å²) < 4.78 is 10.9. The topological polar surface area (TPSA) is 79.1 Å². The first kappa shape index (κ1) is 20.5. The normalized spacial score (nSPS) is 19.5. The van der Waals surface area contributed by atoms with Gasteiger partial charge in [0.05, 0.1) is 19.4 Å². The third-order valence-electron chi connectivity index (χ3n) is 5.57. The number of hydrogen-bond donors (Lipinski definition) is 2. The molecule has 7 nitrogen and oxygen atoms in total. The van der Waals surface area contributed by atoms with Gasteiger partial charge in [0.2, 0.25) is 5.91 Å². The van der Waals surface area contributed by atoms with Crippen molar-refractivity contribution in [1.29, 1.82) is 0 Å². The lowest BCUT2D eigenvalue weighted by Gasteiger charge is -2.16. The summed E-state index contributed by atoms with van der Waals surface area (Å²) in [7, 11) is 0. The van der Waals surface area contributed by atoms with Crippen LogP contribution in [0.5, 0.6) is 0 Å². The van der Waals surface area contributed by atoms with Gasteiger partial charge < -0.3 is 24.7 Å². The van der Waals surface area contributed by atoms with Crippen LogP contribution < -0.4 is 15.5 Å². The Balaban J connectivity index is 1.33. The van der Waals surface area contributed by atoms with Crippen molar-refractivity contribution in [3.63, 3.8) is 0 Å². The number of anilines is 1. The molecule has 2 aromatic rings. The van der Waals surface area contributed by atoms with E-state index < -0.39 is 0 Å². The highest BCUT2D eigenvalue weighted by atomic mass is 16.5. The van der Waals surface area contributed by atoms with Crippen LogP contribution in [0, 0.1) is 5.92 Å². The van der Waals surface area contributed by atoms with Gasteiger partial charge in [0.25, 0.3) is 0 Å². The highest BCUT2D eigenvalue weighted by Crippen LogP contribution is 2.21. The minimum atomic E-state index is 0.212. The fraction of sp³-hybridized carbons (Fsp3) is 0.478. The molecule has 0 radical (unpaired) electrons. The second-order valence-electron chi connectivity index (χ2n) is 7.85. The quantitative estimate of drug-likeness (QED) is 0.517. The highest BCUT2D eigenvalue weighted by molar-refractivity contribution is 5.95. The maximum absolute atomic E-state index is 11.9. The van der Waals surface area contributed by atoms with Crippen LogP contribution in [0.1, 0.15) is 30.6 Å². The monoisotopic (exact) mass is 410 g/mol. The molecule has 2 aliphatic rings. The zero-order valence-electron chi connectivity index (χ0n) is 17.3. The lowest BCUT2D eigenvalue weighted by Crippen LogP contribution is -2.40. The number of hydrogen-bond acceptors (Lipinski definition) is 4. The van der Waals surface area contributed by atoms with E-state index in [4.69, 9.17) is 14.1 Å². The molecule has 0 bridgehead atoms. The lowest BCUT2D eigenvalue weighted by molar-refractivity contribution is -0.117. The van der Waals surface area contributed by atoms with Gasteiger partial charge in [-0.2, -0.15) is 0 Å².